The van der Waals surface area contributed by atoms with Gasteiger partial charge in [0.25, 0.3) is 0 Å². The Morgan fingerprint density at radius 2 is 1.89 bits per heavy atom. The smallest absolute Gasteiger partial charge is 0.230 e. The number of hydrogen-bond donors (Lipinski definition) is 1. The van der Waals surface area contributed by atoms with Crippen LogP contribution in [0.1, 0.15) is 57.6 Å². The molecule has 35 heavy (non-hydrogen) atoms. The maximum atomic E-state index is 13.1. The Hall–Kier alpha value is -2.32. The molecule has 1 N–H and O–H groups in total. The normalized spacial score (nSPS) is 19.9. The van der Waals surface area contributed by atoms with Gasteiger partial charge in [0.05, 0.1) is 11.8 Å². The van der Waals surface area contributed by atoms with Crippen molar-refractivity contribution in [3.05, 3.63) is 47.1 Å². The van der Waals surface area contributed by atoms with Crippen molar-refractivity contribution in [2.24, 2.45) is 5.92 Å². The topological polar surface area (TPSA) is 78.4 Å². The van der Waals surface area contributed by atoms with E-state index in [0.717, 1.165) is 37.1 Å². The van der Waals surface area contributed by atoms with E-state index >= 15 is 0 Å². The number of hydrogen-bond acceptors (Lipinski definition) is 6. The first kappa shape index (κ1) is 25.8. The van der Waals surface area contributed by atoms with Crippen LogP contribution in [0.5, 0.6) is 0 Å². The number of nitrogens with zero attached hydrogens (tertiary/aromatic N) is 4. The molecular formula is C26H34ClN5O2S. The van der Waals surface area contributed by atoms with Crippen LogP contribution in [0, 0.1) is 5.92 Å². The van der Waals surface area contributed by atoms with Gasteiger partial charge in [-0.1, -0.05) is 73.0 Å². The van der Waals surface area contributed by atoms with E-state index in [1.807, 2.05) is 42.2 Å². The number of rotatable bonds is 7. The highest BCUT2D eigenvalue weighted by atomic mass is 35.5. The zero-order chi connectivity index (χ0) is 24.8. The van der Waals surface area contributed by atoms with E-state index in [4.69, 9.17) is 11.6 Å². The molecule has 7 nitrogen and oxygen atoms in total. The van der Waals surface area contributed by atoms with Crippen LogP contribution in [0.25, 0.3) is 0 Å². The molecule has 0 radical (unpaired) electrons. The number of piperazine rings is 1. The van der Waals surface area contributed by atoms with Crippen molar-refractivity contribution in [2.75, 3.05) is 30.3 Å². The van der Waals surface area contributed by atoms with Gasteiger partial charge >= 0.3 is 0 Å². The maximum Gasteiger partial charge on any atom is 0.230 e. The lowest BCUT2D eigenvalue weighted by Crippen LogP contribution is -2.55. The van der Waals surface area contributed by atoms with Crippen molar-refractivity contribution < 1.29 is 9.59 Å². The molecule has 0 bridgehead atoms. The maximum absolute atomic E-state index is 13.1. The number of carbonyl (C=O) groups is 2. The second kappa shape index (κ2) is 12.1. The van der Waals surface area contributed by atoms with Gasteiger partial charge < -0.3 is 15.1 Å². The van der Waals surface area contributed by atoms with Crippen molar-refractivity contribution in [3.63, 3.8) is 0 Å². The molecular weight excluding hydrogens is 482 g/mol. The molecule has 2 atom stereocenters. The minimum absolute atomic E-state index is 0.0748. The van der Waals surface area contributed by atoms with Gasteiger partial charge in [0, 0.05) is 37.7 Å². The van der Waals surface area contributed by atoms with Gasteiger partial charge in [0.1, 0.15) is 11.0 Å². The molecule has 0 spiro atoms. The molecule has 2 aliphatic rings. The lowest BCUT2D eigenvalue weighted by atomic mass is 9.88. The minimum atomic E-state index is -0.0834. The zero-order valence-corrected chi connectivity index (χ0v) is 22.0. The Morgan fingerprint density at radius 1 is 1.14 bits per heavy atom. The minimum Gasteiger partial charge on any atom is -0.353 e. The highest BCUT2D eigenvalue weighted by Crippen LogP contribution is 2.28. The van der Waals surface area contributed by atoms with Crippen molar-refractivity contribution in [1.29, 1.82) is 0 Å². The predicted molar refractivity (Wildman–Crippen MR) is 141 cm³/mol. The van der Waals surface area contributed by atoms with Crippen LogP contribution in [0.2, 0.25) is 5.15 Å². The lowest BCUT2D eigenvalue weighted by molar-refractivity contribution is -0.139. The molecule has 188 valence electrons. The van der Waals surface area contributed by atoms with Gasteiger partial charge in [-0.3, -0.25) is 9.59 Å². The number of thioether (sulfide) groups is 1. The summed E-state index contributed by atoms with van der Waals surface area (Å²) in [6.45, 7) is 6.15. The van der Waals surface area contributed by atoms with Gasteiger partial charge in [-0.25, -0.2) is 9.97 Å². The van der Waals surface area contributed by atoms with Crippen LogP contribution in [0.15, 0.2) is 41.6 Å². The highest BCUT2D eigenvalue weighted by molar-refractivity contribution is 7.99. The van der Waals surface area contributed by atoms with Gasteiger partial charge in [-0.05, 0) is 32.3 Å². The number of nitrogens with one attached hydrogen (secondary N) is 1. The van der Waals surface area contributed by atoms with Crippen LogP contribution in [-0.4, -0.2) is 58.1 Å². The summed E-state index contributed by atoms with van der Waals surface area (Å²) in [5, 5.41) is 3.84. The first-order valence-electron chi connectivity index (χ1n) is 12.5. The fourth-order valence-corrected chi connectivity index (χ4v) is 5.82. The molecule has 1 aromatic heterocycles. The molecule has 1 aliphatic carbocycles. The molecule has 2 fully saturated rings. The summed E-state index contributed by atoms with van der Waals surface area (Å²) in [4.78, 5) is 38.7. The summed E-state index contributed by atoms with van der Waals surface area (Å²) in [5.41, 5.74) is 1.06. The van der Waals surface area contributed by atoms with E-state index in [-0.39, 0.29) is 29.7 Å². The van der Waals surface area contributed by atoms with E-state index < -0.39 is 0 Å². The third-order valence-electron chi connectivity index (χ3n) is 6.86. The Balaban J connectivity index is 1.32. The molecule has 4 rings (SSSR count). The van der Waals surface area contributed by atoms with Crippen molar-refractivity contribution in [1.82, 2.24) is 20.2 Å². The van der Waals surface area contributed by atoms with Crippen molar-refractivity contribution in [3.8, 4) is 0 Å². The van der Waals surface area contributed by atoms with Crippen LogP contribution >= 0.6 is 23.4 Å². The third kappa shape index (κ3) is 6.88. The Kier molecular flexibility index (Phi) is 8.89. The summed E-state index contributed by atoms with van der Waals surface area (Å²) in [6, 6.07) is 11.6. The molecule has 2 amide bonds. The Morgan fingerprint density at radius 3 is 2.60 bits per heavy atom. The second-order valence-corrected chi connectivity index (χ2v) is 10.8. The van der Waals surface area contributed by atoms with Crippen molar-refractivity contribution >= 4 is 41.0 Å². The number of amides is 2. The molecule has 9 heteroatoms. The number of anilines is 1. The molecule has 2 heterocycles. The highest BCUT2D eigenvalue weighted by Gasteiger charge is 2.33. The quantitative estimate of drug-likeness (QED) is 0.326. The Bertz CT molecular complexity index is 1020. The summed E-state index contributed by atoms with van der Waals surface area (Å²) in [6.07, 6.45) is 5.61. The fraction of sp³-hybridized carbons (Fsp3) is 0.538. The zero-order valence-electron chi connectivity index (χ0n) is 20.5. The van der Waals surface area contributed by atoms with Gasteiger partial charge in [0.2, 0.25) is 11.8 Å². The standard InChI is InChI=1S/C26H34ClN5O2S/c1-18-16-31(13-14-32(18)25(34)21-11-7-4-8-12-21)23-15-22(27)29-26(30-23)35-17-24(33)28-19(2)20-9-5-3-6-10-20/h3,5-6,9-10,15,18-19,21H,4,7-8,11-14,16-17H2,1-2H3,(H,28,33). The van der Waals surface area contributed by atoms with E-state index in [1.54, 1.807) is 6.07 Å². The largest absolute Gasteiger partial charge is 0.353 e. The number of halogens is 1. The molecule has 1 aliphatic heterocycles. The molecule has 1 saturated carbocycles. The summed E-state index contributed by atoms with van der Waals surface area (Å²) < 4.78 is 0. The molecule has 2 unspecified atom stereocenters. The van der Waals surface area contributed by atoms with E-state index in [2.05, 4.69) is 27.1 Å². The average molecular weight is 516 g/mol. The van der Waals surface area contributed by atoms with E-state index in [9.17, 15) is 9.59 Å². The Labute approximate surface area is 217 Å². The molecule has 2 aromatic rings. The monoisotopic (exact) mass is 515 g/mol. The summed E-state index contributed by atoms with van der Waals surface area (Å²) in [5.74, 6) is 1.36. The van der Waals surface area contributed by atoms with Gasteiger partial charge in [-0.15, -0.1) is 0 Å². The molecule has 1 aromatic carbocycles. The third-order valence-corrected chi connectivity index (χ3v) is 7.90. The van der Waals surface area contributed by atoms with Gasteiger partial charge in [-0.2, -0.15) is 0 Å². The van der Waals surface area contributed by atoms with Crippen LogP contribution < -0.4 is 10.2 Å². The van der Waals surface area contributed by atoms with Crippen LogP contribution in [0.4, 0.5) is 5.82 Å². The van der Waals surface area contributed by atoms with Gasteiger partial charge in [0.15, 0.2) is 5.16 Å². The van der Waals surface area contributed by atoms with E-state index in [1.165, 1.54) is 18.2 Å². The summed E-state index contributed by atoms with van der Waals surface area (Å²) >= 11 is 7.58. The van der Waals surface area contributed by atoms with E-state index in [0.29, 0.717) is 35.9 Å². The first-order valence-corrected chi connectivity index (χ1v) is 13.8. The molecule has 1 saturated heterocycles. The first-order chi connectivity index (χ1) is 16.9. The second-order valence-electron chi connectivity index (χ2n) is 9.48. The fourth-order valence-electron chi connectivity index (χ4n) is 4.93. The number of aromatic nitrogens is 2. The number of benzene rings is 1. The summed E-state index contributed by atoms with van der Waals surface area (Å²) in [7, 11) is 0. The number of carbonyl (C=O) groups excluding carboxylic acids is 2. The van der Waals surface area contributed by atoms with Crippen molar-refractivity contribution in [2.45, 2.75) is 63.2 Å². The lowest BCUT2D eigenvalue weighted by Gasteiger charge is -2.42. The average Bonchev–Trinajstić information content (AvgIpc) is 2.87. The van der Waals surface area contributed by atoms with Crippen LogP contribution in [-0.2, 0) is 9.59 Å². The predicted octanol–water partition coefficient (Wildman–Crippen LogP) is 4.72. The van der Waals surface area contributed by atoms with Crippen LogP contribution in [0.3, 0.4) is 0 Å². The SMILES string of the molecule is CC(NC(=O)CSc1nc(Cl)cc(N2CCN(C(=O)C3CCCCC3)C(C)C2)n1)c1ccccc1.